The predicted octanol–water partition coefficient (Wildman–Crippen LogP) is 2.24. The Morgan fingerprint density at radius 3 is 2.46 bits per heavy atom. The molecule has 0 aromatic heterocycles. The molecule has 8 nitrogen and oxygen atoms in total. The van der Waals surface area contributed by atoms with E-state index in [2.05, 4.69) is 13.2 Å². The zero-order chi connectivity index (χ0) is 27.1. The number of aliphatic hydroxyl groups excluding tert-OH is 1. The highest BCUT2D eigenvalue weighted by Crippen LogP contribution is 2.65. The van der Waals surface area contributed by atoms with E-state index in [1.54, 1.807) is 35.9 Å². The molecule has 3 fully saturated rings. The number of aliphatic hydroxyl groups is 1. The molecule has 7 atom stereocenters. The van der Waals surface area contributed by atoms with Gasteiger partial charge in [-0.1, -0.05) is 49.4 Å². The zero-order valence-electron chi connectivity index (χ0n) is 22.3. The Bertz CT molecular complexity index is 1080. The Balaban J connectivity index is 1.80. The van der Waals surface area contributed by atoms with Crippen LogP contribution in [0.4, 0.5) is 0 Å². The van der Waals surface area contributed by atoms with Crippen LogP contribution in [-0.4, -0.2) is 87.6 Å². The number of hydrogen-bond acceptors (Lipinski definition) is 5. The summed E-state index contributed by atoms with van der Waals surface area (Å²) in [6.07, 6.45) is 3.79. The average molecular weight is 510 g/mol. The van der Waals surface area contributed by atoms with Gasteiger partial charge in [0.25, 0.3) is 0 Å². The first-order valence-electron chi connectivity index (χ1n) is 13.0. The minimum absolute atomic E-state index is 0.0516. The van der Waals surface area contributed by atoms with Crippen molar-refractivity contribution in [3.05, 3.63) is 61.2 Å². The molecule has 3 aliphatic rings. The molecule has 3 unspecified atom stereocenters. The summed E-state index contributed by atoms with van der Waals surface area (Å²) in [6.45, 7) is 13.9. The largest absolute Gasteiger partial charge is 0.394 e. The van der Waals surface area contributed by atoms with Crippen LogP contribution in [0.3, 0.4) is 0 Å². The third-order valence-corrected chi connectivity index (χ3v) is 8.65. The molecule has 3 heterocycles. The molecule has 0 radical (unpaired) electrons. The van der Waals surface area contributed by atoms with Crippen molar-refractivity contribution in [2.45, 2.75) is 57.0 Å². The quantitative estimate of drug-likeness (QED) is 0.489. The fourth-order valence-electron chi connectivity index (χ4n) is 6.78. The Labute approximate surface area is 219 Å². The van der Waals surface area contributed by atoms with Crippen LogP contribution in [0.15, 0.2) is 55.6 Å². The van der Waals surface area contributed by atoms with Crippen LogP contribution in [0.25, 0.3) is 0 Å². The number of carbonyl (C=O) groups is 3. The van der Waals surface area contributed by atoms with Gasteiger partial charge in [-0.3, -0.25) is 14.4 Å². The lowest BCUT2D eigenvalue weighted by Gasteiger charge is -2.39. The molecule has 37 heavy (non-hydrogen) atoms. The molecule has 200 valence electrons. The van der Waals surface area contributed by atoms with Gasteiger partial charge in [0, 0.05) is 26.7 Å². The topological polar surface area (TPSA) is 90.4 Å². The number of likely N-dealkylation sites (N-methyl/N-ethyl adjacent to an activating group) is 1. The molecule has 2 bridgehead atoms. The molecule has 1 aromatic carbocycles. The second kappa shape index (κ2) is 10.1. The smallest absolute Gasteiger partial charge is 0.249 e. The normalized spacial score (nSPS) is 32.7. The summed E-state index contributed by atoms with van der Waals surface area (Å²) in [4.78, 5) is 47.0. The summed E-state index contributed by atoms with van der Waals surface area (Å²) < 4.78 is 6.76. The van der Waals surface area contributed by atoms with Crippen molar-refractivity contribution in [1.82, 2.24) is 14.7 Å². The summed E-state index contributed by atoms with van der Waals surface area (Å²) in [7, 11) is 1.69. The average Bonchev–Trinajstić information content (AvgIpc) is 3.40. The van der Waals surface area contributed by atoms with Crippen molar-refractivity contribution in [3.8, 4) is 0 Å². The van der Waals surface area contributed by atoms with Crippen molar-refractivity contribution in [2.24, 2.45) is 17.8 Å². The molecule has 1 N–H and O–H groups in total. The number of fused-ring (bicyclic) bond motifs is 1. The highest BCUT2D eigenvalue weighted by molar-refractivity contribution is 5.99. The number of likely N-dealkylation sites (tertiary alicyclic amines) is 1. The van der Waals surface area contributed by atoms with Crippen LogP contribution in [0.2, 0.25) is 0 Å². The molecule has 0 saturated carbocycles. The number of rotatable bonds is 10. The van der Waals surface area contributed by atoms with E-state index < -0.39 is 35.1 Å². The van der Waals surface area contributed by atoms with E-state index in [0.717, 1.165) is 5.56 Å². The van der Waals surface area contributed by atoms with Gasteiger partial charge < -0.3 is 24.5 Å². The van der Waals surface area contributed by atoms with E-state index in [4.69, 9.17) is 4.74 Å². The highest BCUT2D eigenvalue weighted by atomic mass is 16.5. The maximum atomic E-state index is 14.4. The third-order valence-electron chi connectivity index (χ3n) is 8.65. The van der Waals surface area contributed by atoms with Gasteiger partial charge in [0.2, 0.25) is 17.7 Å². The minimum Gasteiger partial charge on any atom is -0.394 e. The van der Waals surface area contributed by atoms with Crippen molar-refractivity contribution in [1.29, 1.82) is 0 Å². The van der Waals surface area contributed by atoms with Gasteiger partial charge in [0.1, 0.15) is 11.6 Å². The van der Waals surface area contributed by atoms with E-state index in [-0.39, 0.29) is 36.8 Å². The van der Waals surface area contributed by atoms with Crippen molar-refractivity contribution < 1.29 is 24.2 Å². The molecule has 4 rings (SSSR count). The van der Waals surface area contributed by atoms with E-state index in [0.29, 0.717) is 19.5 Å². The van der Waals surface area contributed by atoms with Crippen LogP contribution >= 0.6 is 0 Å². The first-order chi connectivity index (χ1) is 17.6. The van der Waals surface area contributed by atoms with E-state index in [9.17, 15) is 19.5 Å². The van der Waals surface area contributed by atoms with E-state index in [1.165, 1.54) is 4.90 Å². The molecule has 1 aromatic rings. The molecule has 1 spiro atoms. The first kappa shape index (κ1) is 27.1. The van der Waals surface area contributed by atoms with Gasteiger partial charge in [-0.15, -0.1) is 13.2 Å². The van der Waals surface area contributed by atoms with Crippen LogP contribution < -0.4 is 0 Å². The van der Waals surface area contributed by atoms with Gasteiger partial charge in [-0.2, -0.15) is 0 Å². The van der Waals surface area contributed by atoms with Crippen molar-refractivity contribution in [2.75, 3.05) is 26.7 Å². The maximum absolute atomic E-state index is 14.4. The molecule has 3 amide bonds. The number of hydrogen-bond donors (Lipinski definition) is 1. The molecule has 3 saturated heterocycles. The second-order valence-electron chi connectivity index (χ2n) is 11.0. The molecular formula is C29H39N3O5. The lowest BCUT2D eigenvalue weighted by molar-refractivity contribution is -0.157. The maximum Gasteiger partial charge on any atom is 0.249 e. The number of amides is 3. The summed E-state index contributed by atoms with van der Waals surface area (Å²) in [5.74, 6) is -2.35. The zero-order valence-corrected chi connectivity index (χ0v) is 22.3. The first-order valence-corrected chi connectivity index (χ1v) is 13.0. The van der Waals surface area contributed by atoms with Crippen LogP contribution in [-0.2, 0) is 25.7 Å². The lowest BCUT2D eigenvalue weighted by atomic mass is 9.62. The number of carbonyl (C=O) groups excluding carboxylic acids is 3. The third kappa shape index (κ3) is 4.10. The van der Waals surface area contributed by atoms with Gasteiger partial charge in [0.15, 0.2) is 0 Å². The Morgan fingerprint density at radius 2 is 1.86 bits per heavy atom. The second-order valence-corrected chi connectivity index (χ2v) is 11.0. The molecular weight excluding hydrogens is 470 g/mol. The summed E-state index contributed by atoms with van der Waals surface area (Å²) in [5.41, 5.74) is -1.09. The number of nitrogens with zero attached hydrogens (tertiary/aromatic N) is 3. The van der Waals surface area contributed by atoms with Crippen LogP contribution in [0, 0.1) is 17.8 Å². The fraction of sp³-hybridized carbons (Fsp3) is 0.552. The fourth-order valence-corrected chi connectivity index (χ4v) is 6.78. The van der Waals surface area contributed by atoms with E-state index in [1.807, 2.05) is 44.2 Å². The number of benzene rings is 1. The number of ether oxygens (including phenoxy) is 1. The Kier molecular flexibility index (Phi) is 7.36. The summed E-state index contributed by atoms with van der Waals surface area (Å²) >= 11 is 0. The van der Waals surface area contributed by atoms with Crippen molar-refractivity contribution in [3.63, 3.8) is 0 Å². The minimum atomic E-state index is -1.16. The standard InChI is InChI=1S/C29H39N3O5/c1-7-14-30(6)25(34)22-23-26(35)32(20(4)18-33)24(29(23)16-19(3)28(22,5)37-29)27(36)31(15-8-2)17-21-12-10-9-11-13-21/h7-13,19-20,22-24,33H,1-2,14-18H2,3-6H3/t19?,20-,22+,23+,24?,28-,29?/m1/s1. The van der Waals surface area contributed by atoms with Gasteiger partial charge in [-0.05, 0) is 31.7 Å². The molecule has 0 aliphatic carbocycles. The van der Waals surface area contributed by atoms with Crippen LogP contribution in [0.5, 0.6) is 0 Å². The summed E-state index contributed by atoms with van der Waals surface area (Å²) in [6, 6.07) is 8.08. The monoisotopic (exact) mass is 509 g/mol. The summed E-state index contributed by atoms with van der Waals surface area (Å²) in [5, 5.41) is 10.1. The molecule has 8 heteroatoms. The van der Waals surface area contributed by atoms with E-state index >= 15 is 0 Å². The lowest BCUT2D eigenvalue weighted by Crippen LogP contribution is -2.58. The SMILES string of the molecule is C=CCN(C)C(=O)[C@@H]1[C@H]2C(=O)N([C@H](C)CO)C(C(=O)N(CC=C)Cc3ccccc3)C23CC(C)[C@@]1(C)O3. The Morgan fingerprint density at radius 1 is 1.22 bits per heavy atom. The molecule has 3 aliphatic heterocycles. The van der Waals surface area contributed by atoms with Gasteiger partial charge in [0.05, 0.1) is 30.1 Å². The van der Waals surface area contributed by atoms with Crippen LogP contribution in [0.1, 0.15) is 32.8 Å². The van der Waals surface area contributed by atoms with Crippen molar-refractivity contribution >= 4 is 17.7 Å². The van der Waals surface area contributed by atoms with Gasteiger partial charge in [-0.25, -0.2) is 0 Å². The Hall–Kier alpha value is -2.97. The van der Waals surface area contributed by atoms with Gasteiger partial charge >= 0.3 is 0 Å². The highest BCUT2D eigenvalue weighted by Gasteiger charge is 2.80. The predicted molar refractivity (Wildman–Crippen MR) is 140 cm³/mol.